The van der Waals surface area contributed by atoms with Crippen molar-refractivity contribution in [2.24, 2.45) is 7.05 Å². The van der Waals surface area contributed by atoms with Gasteiger partial charge >= 0.3 is 5.97 Å². The van der Waals surface area contributed by atoms with E-state index < -0.39 is 11.8 Å². The maximum atomic E-state index is 14.6. The van der Waals surface area contributed by atoms with Crippen LogP contribution in [-0.2, 0) is 39.1 Å². The molecule has 0 spiro atoms. The molecule has 4 aromatic rings. The molecule has 0 saturated carbocycles. The van der Waals surface area contributed by atoms with Crippen molar-refractivity contribution in [1.82, 2.24) is 30.0 Å². The average Bonchev–Trinajstić information content (AvgIpc) is 3.54. The number of ether oxygens (including phenoxy) is 4. The molecular weight excluding hydrogens is 685 g/mol. The molecule has 0 atom stereocenters. The molecule has 14 nitrogen and oxygen atoms in total. The molecule has 0 bridgehead atoms. The third-order valence-corrected chi connectivity index (χ3v) is 8.18. The number of hydrogen-bond donors (Lipinski definition) is 3. The van der Waals surface area contributed by atoms with E-state index in [1.807, 2.05) is 17.7 Å². The number of carboxylic acids is 1. The lowest BCUT2D eigenvalue weighted by Crippen LogP contribution is -2.23. The molecule has 0 fully saturated rings. The lowest BCUT2D eigenvalue weighted by Gasteiger charge is -2.11. The van der Waals surface area contributed by atoms with Gasteiger partial charge in [-0.05, 0) is 74.6 Å². The number of unbranched alkanes of at least 4 members (excludes halogenated alkanes) is 5. The third kappa shape index (κ3) is 15.3. The van der Waals surface area contributed by atoms with Crippen LogP contribution < -0.4 is 15.4 Å². The average molecular weight is 736 g/mol. The minimum absolute atomic E-state index is 0.0146. The van der Waals surface area contributed by atoms with E-state index in [9.17, 15) is 14.0 Å². The predicted molar refractivity (Wildman–Crippen MR) is 196 cm³/mol. The molecule has 0 unspecified atom stereocenters. The fourth-order valence-electron chi connectivity index (χ4n) is 5.22. The van der Waals surface area contributed by atoms with E-state index in [1.54, 1.807) is 42.6 Å². The zero-order valence-corrected chi connectivity index (χ0v) is 30.3. The summed E-state index contributed by atoms with van der Waals surface area (Å²) in [5, 5.41) is 23.2. The Hall–Kier alpha value is -4.99. The van der Waals surface area contributed by atoms with Crippen molar-refractivity contribution in [2.45, 2.75) is 64.5 Å². The first-order chi connectivity index (χ1) is 25.9. The first-order valence-corrected chi connectivity index (χ1v) is 18.0. The molecule has 2 heterocycles. The molecule has 2 aromatic heterocycles. The van der Waals surface area contributed by atoms with Crippen molar-refractivity contribution in [3.8, 4) is 17.3 Å². The summed E-state index contributed by atoms with van der Waals surface area (Å²) in [7, 11) is 1.86. The molecule has 0 aliphatic rings. The Bertz CT molecular complexity index is 1680. The Morgan fingerprint density at radius 3 is 2.25 bits per heavy atom. The number of hydrogen-bond acceptors (Lipinski definition) is 11. The predicted octanol–water partition coefficient (Wildman–Crippen LogP) is 5.59. The number of anilines is 1. The van der Waals surface area contributed by atoms with Crippen molar-refractivity contribution in [1.29, 1.82) is 0 Å². The normalized spacial score (nSPS) is 11.1. The first kappa shape index (κ1) is 40.8. The summed E-state index contributed by atoms with van der Waals surface area (Å²) in [5.74, 6) is 0.360. The standard InChI is InChI=1S/C38H50FN7O7/c1-46-35(44-45-37(46)34-15-16-40-28-43-34)27-41-31-11-9-10-29(24-31)38(49)42-26-30-25-32(13-14-33(30)39)53-19-8-3-2-6-17-50-20-22-52-23-21-51-18-7-4-5-12-36(47)48/h9-11,13-16,24-25,28,41H,2-8,12,17-23,26-27H2,1H3,(H,42,49)(H,47,48). The van der Waals surface area contributed by atoms with Crippen LogP contribution in [0.4, 0.5) is 10.1 Å². The lowest BCUT2D eigenvalue weighted by atomic mass is 10.1. The van der Waals surface area contributed by atoms with E-state index in [2.05, 4.69) is 30.8 Å². The monoisotopic (exact) mass is 735 g/mol. The van der Waals surface area contributed by atoms with Crippen LogP contribution in [0.3, 0.4) is 0 Å². The number of amides is 1. The summed E-state index contributed by atoms with van der Waals surface area (Å²) in [6.45, 7) is 4.27. The second-order valence-electron chi connectivity index (χ2n) is 12.3. The molecule has 0 aliphatic heterocycles. The van der Waals surface area contributed by atoms with Crippen molar-refractivity contribution in [3.05, 3.63) is 83.8 Å². The van der Waals surface area contributed by atoms with E-state index >= 15 is 0 Å². The number of nitrogens with zero attached hydrogens (tertiary/aromatic N) is 5. The molecule has 1 amide bonds. The Labute approximate surface area is 309 Å². The van der Waals surface area contributed by atoms with Gasteiger partial charge in [0, 0.05) is 56.2 Å². The molecule has 2 aromatic carbocycles. The van der Waals surface area contributed by atoms with Crippen LogP contribution in [-0.4, -0.2) is 88.0 Å². The fourth-order valence-corrected chi connectivity index (χ4v) is 5.22. The number of aliphatic carboxylic acids is 1. The first-order valence-electron chi connectivity index (χ1n) is 18.0. The van der Waals surface area contributed by atoms with Crippen LogP contribution in [0.2, 0.25) is 0 Å². The van der Waals surface area contributed by atoms with Gasteiger partial charge in [0.2, 0.25) is 0 Å². The van der Waals surface area contributed by atoms with Gasteiger partial charge in [-0.1, -0.05) is 18.9 Å². The number of carbonyl (C=O) groups is 2. The summed E-state index contributed by atoms with van der Waals surface area (Å²) >= 11 is 0. The van der Waals surface area contributed by atoms with Gasteiger partial charge in [-0.25, -0.2) is 14.4 Å². The smallest absolute Gasteiger partial charge is 0.303 e. The molecule has 0 aliphatic carbocycles. The summed E-state index contributed by atoms with van der Waals surface area (Å²) in [6.07, 6.45) is 9.49. The summed E-state index contributed by atoms with van der Waals surface area (Å²) in [6, 6.07) is 13.4. The number of carbonyl (C=O) groups excluding carboxylic acids is 1. The number of rotatable bonds is 27. The highest BCUT2D eigenvalue weighted by atomic mass is 19.1. The second-order valence-corrected chi connectivity index (χ2v) is 12.3. The van der Waals surface area contributed by atoms with Crippen molar-refractivity contribution in [3.63, 3.8) is 0 Å². The summed E-state index contributed by atoms with van der Waals surface area (Å²) < 4.78 is 38.9. The number of halogens is 1. The molecule has 53 heavy (non-hydrogen) atoms. The Morgan fingerprint density at radius 1 is 0.811 bits per heavy atom. The molecule has 15 heteroatoms. The number of aromatic nitrogens is 5. The van der Waals surface area contributed by atoms with E-state index in [-0.39, 0.29) is 18.9 Å². The van der Waals surface area contributed by atoms with Crippen molar-refractivity contribution >= 4 is 17.6 Å². The van der Waals surface area contributed by atoms with E-state index in [0.717, 1.165) is 44.2 Å². The number of benzene rings is 2. The van der Waals surface area contributed by atoms with E-state index in [0.29, 0.717) is 93.4 Å². The Balaban J connectivity index is 1.04. The highest BCUT2D eigenvalue weighted by Crippen LogP contribution is 2.19. The topological polar surface area (TPSA) is 172 Å². The molecular formula is C38H50FN7O7. The minimum atomic E-state index is -0.757. The lowest BCUT2D eigenvalue weighted by molar-refractivity contribution is -0.137. The minimum Gasteiger partial charge on any atom is -0.494 e. The van der Waals surface area contributed by atoms with Gasteiger partial charge < -0.3 is 39.3 Å². The van der Waals surface area contributed by atoms with Gasteiger partial charge in [0.05, 0.1) is 39.6 Å². The van der Waals surface area contributed by atoms with Gasteiger partial charge in [-0.15, -0.1) is 10.2 Å². The zero-order chi connectivity index (χ0) is 37.5. The Kier molecular flexibility index (Phi) is 18.1. The molecule has 4 rings (SSSR count). The highest BCUT2D eigenvalue weighted by Gasteiger charge is 2.13. The second kappa shape index (κ2) is 23.5. The quantitative estimate of drug-likeness (QED) is 0.0650. The maximum Gasteiger partial charge on any atom is 0.303 e. The van der Waals surface area contributed by atoms with Gasteiger partial charge in [0.1, 0.15) is 23.6 Å². The van der Waals surface area contributed by atoms with Gasteiger partial charge in [0.15, 0.2) is 11.6 Å². The Morgan fingerprint density at radius 2 is 1.53 bits per heavy atom. The summed E-state index contributed by atoms with van der Waals surface area (Å²) in [5.41, 5.74) is 2.16. The molecule has 0 radical (unpaired) electrons. The number of carboxylic acid groups (broad SMARTS) is 1. The maximum absolute atomic E-state index is 14.6. The van der Waals surface area contributed by atoms with E-state index in [1.165, 1.54) is 12.4 Å². The van der Waals surface area contributed by atoms with E-state index in [4.69, 9.17) is 24.1 Å². The third-order valence-electron chi connectivity index (χ3n) is 8.18. The van der Waals surface area contributed by atoms with Crippen LogP contribution in [0.5, 0.6) is 5.75 Å². The van der Waals surface area contributed by atoms with Crippen LogP contribution in [0.1, 0.15) is 73.1 Å². The number of nitrogens with one attached hydrogen (secondary N) is 2. The van der Waals surface area contributed by atoms with Crippen LogP contribution >= 0.6 is 0 Å². The molecule has 0 saturated heterocycles. The molecule has 3 N–H and O–H groups in total. The van der Waals surface area contributed by atoms with Gasteiger partial charge in [0.25, 0.3) is 5.91 Å². The fraction of sp³-hybridized carbons (Fsp3) is 0.474. The van der Waals surface area contributed by atoms with Crippen LogP contribution in [0.25, 0.3) is 11.5 Å². The molecule has 286 valence electrons. The van der Waals surface area contributed by atoms with Crippen molar-refractivity contribution in [2.75, 3.05) is 51.6 Å². The SMILES string of the molecule is Cn1c(CNc2cccc(C(=O)NCc3cc(OCCCCCCOCCOCCOCCCCCC(=O)O)ccc3F)c2)nnc1-c1ccncn1. The van der Waals surface area contributed by atoms with Gasteiger partial charge in [-0.2, -0.15) is 0 Å². The highest BCUT2D eigenvalue weighted by molar-refractivity contribution is 5.95. The summed E-state index contributed by atoms with van der Waals surface area (Å²) in [4.78, 5) is 31.6. The van der Waals surface area contributed by atoms with Crippen LogP contribution in [0.15, 0.2) is 61.1 Å². The largest absolute Gasteiger partial charge is 0.494 e. The zero-order valence-electron chi connectivity index (χ0n) is 30.3. The van der Waals surface area contributed by atoms with Crippen molar-refractivity contribution < 1.29 is 38.0 Å². The van der Waals surface area contributed by atoms with Gasteiger partial charge in [-0.3, -0.25) is 9.59 Å². The van der Waals surface area contributed by atoms with Crippen LogP contribution in [0, 0.1) is 5.82 Å².